The van der Waals surface area contributed by atoms with Gasteiger partial charge in [-0.1, -0.05) is 32.3 Å². The van der Waals surface area contributed by atoms with Gasteiger partial charge in [-0.2, -0.15) is 0 Å². The first-order chi connectivity index (χ1) is 23.5. The minimum atomic E-state index is -2.01. The van der Waals surface area contributed by atoms with Gasteiger partial charge in [-0.25, -0.2) is 19.2 Å². The van der Waals surface area contributed by atoms with Crippen molar-refractivity contribution in [2.45, 2.75) is 110 Å². The number of rotatable bonds is 24. The highest BCUT2D eigenvalue weighted by atomic mass is 28.4. The monoisotopic (exact) mass is 772 g/mol. The van der Waals surface area contributed by atoms with Crippen molar-refractivity contribution >= 4 is 60.5 Å². The third-order valence-corrected chi connectivity index (χ3v) is 22.4. The predicted octanol–water partition coefficient (Wildman–Crippen LogP) is 3.29. The first kappa shape index (κ1) is 47.5. The largest absolute Gasteiger partial charge is 0.460 e. The number of carbonyl (C=O) groups is 6. The number of hydrogen-bond donors (Lipinski definition) is 6. The van der Waals surface area contributed by atoms with E-state index in [-0.39, 0.29) is 49.3 Å². The molecular formula is C33H64N6O9Si3. The van der Waals surface area contributed by atoms with Gasteiger partial charge in [-0.05, 0) is 78.4 Å². The molecule has 0 spiro atoms. The second kappa shape index (κ2) is 23.1. The molecule has 292 valence electrons. The zero-order chi connectivity index (χ0) is 39.4. The van der Waals surface area contributed by atoms with Crippen LogP contribution in [0, 0.1) is 0 Å². The summed E-state index contributed by atoms with van der Waals surface area (Å²) < 4.78 is 16.7. The van der Waals surface area contributed by atoms with Crippen LogP contribution in [0.15, 0.2) is 24.3 Å². The molecule has 0 aromatic carbocycles. The highest BCUT2D eigenvalue weighted by Gasteiger charge is 2.38. The van der Waals surface area contributed by atoms with Gasteiger partial charge in [-0.3, -0.25) is 9.59 Å². The van der Waals surface area contributed by atoms with Crippen LogP contribution in [0.4, 0.5) is 9.59 Å². The number of esters is 2. The normalized spacial score (nSPS) is 12.7. The van der Waals surface area contributed by atoms with Crippen molar-refractivity contribution in [2.24, 2.45) is 0 Å². The zero-order valence-electron chi connectivity index (χ0n) is 32.5. The van der Waals surface area contributed by atoms with Crippen molar-refractivity contribution in [1.82, 2.24) is 31.9 Å². The molecule has 0 saturated carbocycles. The van der Waals surface area contributed by atoms with Crippen LogP contribution < -0.4 is 31.9 Å². The van der Waals surface area contributed by atoms with Crippen molar-refractivity contribution in [2.75, 3.05) is 39.4 Å². The number of hydrogen-bond acceptors (Lipinski definition) is 9. The number of ether oxygens (including phenoxy) is 2. The van der Waals surface area contributed by atoms with Crippen molar-refractivity contribution in [1.29, 1.82) is 0 Å². The summed E-state index contributed by atoms with van der Waals surface area (Å²) in [4.78, 5) is 71.8. The molecule has 51 heavy (non-hydrogen) atoms. The van der Waals surface area contributed by atoms with E-state index in [4.69, 9.17) is 13.6 Å². The highest BCUT2D eigenvalue weighted by molar-refractivity contribution is 6.96. The molecule has 0 radical (unpaired) electrons. The summed E-state index contributed by atoms with van der Waals surface area (Å²) in [6.07, 6.45) is 1.60. The maximum atomic E-state index is 12.5. The summed E-state index contributed by atoms with van der Waals surface area (Å²) in [6, 6.07) is -0.603. The van der Waals surface area contributed by atoms with E-state index in [9.17, 15) is 28.8 Å². The van der Waals surface area contributed by atoms with Gasteiger partial charge >= 0.3 is 24.0 Å². The fourth-order valence-corrected chi connectivity index (χ4v) is 24.8. The molecule has 0 aliphatic rings. The zero-order valence-corrected chi connectivity index (χ0v) is 35.5. The second-order valence-electron chi connectivity index (χ2n) is 14.8. The van der Waals surface area contributed by atoms with E-state index in [1.165, 1.54) is 13.8 Å². The Balaban J connectivity index is 4.42. The average molecular weight is 773 g/mol. The van der Waals surface area contributed by atoms with Crippen LogP contribution in [0.25, 0.3) is 0 Å². The van der Waals surface area contributed by atoms with E-state index >= 15 is 0 Å². The number of amides is 6. The molecule has 0 aromatic heterocycles. The Kier molecular flexibility index (Phi) is 21.6. The molecule has 0 fully saturated rings. The van der Waals surface area contributed by atoms with Crippen LogP contribution in [-0.2, 0) is 32.8 Å². The lowest BCUT2D eigenvalue weighted by Crippen LogP contribution is -2.50. The fraction of sp³-hybridized carbons (Fsp3) is 0.697. The van der Waals surface area contributed by atoms with Gasteiger partial charge in [0.1, 0.15) is 25.3 Å². The maximum Gasteiger partial charge on any atom is 0.333 e. The molecule has 0 heterocycles. The Hall–Kier alpha value is -3.49. The molecule has 0 aromatic rings. The van der Waals surface area contributed by atoms with E-state index in [0.717, 1.165) is 30.6 Å². The van der Waals surface area contributed by atoms with Crippen LogP contribution in [0.3, 0.4) is 0 Å². The summed E-state index contributed by atoms with van der Waals surface area (Å²) >= 11 is 0. The number of carbonyl (C=O) groups excluding carboxylic acids is 6. The lowest BCUT2D eigenvalue weighted by molar-refractivity contribution is -0.139. The summed E-state index contributed by atoms with van der Waals surface area (Å²) in [5.41, 5.74) is 1.64. The Labute approximate surface area is 307 Å². The SMILES string of the molecule is C=C(C)C(=O)OCCNC(=O)NC(C)C(=O)NCCC[Si](C)(C)C[Si](C)(C)O[Si](C)(C)CCCNC(=O)C(C)NC(=O)NCCOC(=O)C(=C)C. The summed E-state index contributed by atoms with van der Waals surface area (Å²) in [5.74, 6) is -1.61. The van der Waals surface area contributed by atoms with Crippen LogP contribution in [0.5, 0.6) is 0 Å². The molecule has 0 bridgehead atoms. The topological polar surface area (TPSA) is 202 Å². The summed E-state index contributed by atoms with van der Waals surface area (Å²) in [5, 5.41) is 16.0. The lowest BCUT2D eigenvalue weighted by Gasteiger charge is -2.38. The van der Waals surface area contributed by atoms with Gasteiger partial charge < -0.3 is 45.5 Å². The highest BCUT2D eigenvalue weighted by Crippen LogP contribution is 2.29. The molecular weight excluding hydrogens is 709 g/mol. The smallest absolute Gasteiger partial charge is 0.333 e. The van der Waals surface area contributed by atoms with E-state index < -0.39 is 60.8 Å². The van der Waals surface area contributed by atoms with E-state index in [1.807, 2.05) is 0 Å². The molecule has 0 aliphatic carbocycles. The van der Waals surface area contributed by atoms with Gasteiger partial charge in [0.05, 0.1) is 13.1 Å². The Morgan fingerprint density at radius 2 is 0.980 bits per heavy atom. The minimum absolute atomic E-state index is 0.00389. The van der Waals surface area contributed by atoms with Crippen LogP contribution in [-0.4, -0.2) is 112 Å². The van der Waals surface area contributed by atoms with Gasteiger partial charge in [0.2, 0.25) is 11.8 Å². The van der Waals surface area contributed by atoms with Crippen LogP contribution in [0.1, 0.15) is 40.5 Å². The molecule has 6 N–H and O–H groups in total. The van der Waals surface area contributed by atoms with E-state index in [0.29, 0.717) is 13.1 Å². The first-order valence-corrected chi connectivity index (χ1v) is 27.1. The van der Waals surface area contributed by atoms with Crippen LogP contribution >= 0.6 is 0 Å². The molecule has 15 nitrogen and oxygen atoms in total. The molecule has 0 saturated heterocycles. The average Bonchev–Trinajstić information content (AvgIpc) is 2.99. The maximum absolute atomic E-state index is 12.5. The standard InChI is InChI=1S/C33H64N6O9Si3/c1-24(2)30(42)46-19-17-36-32(44)38-26(5)28(40)34-15-13-21-49(7,8)23-51(11,12)48-50(9,10)22-14-16-35-29(41)27(6)39-33(45)37-18-20-47-31(43)25(3)4/h26-27H,1,3,13-23H2,2,4-12H3,(H,34,40)(H,35,41)(H2,36,38,44)(H2,37,39,45). The van der Waals surface area contributed by atoms with Gasteiger partial charge in [-0.15, -0.1) is 0 Å². The Morgan fingerprint density at radius 1 is 0.588 bits per heavy atom. The van der Waals surface area contributed by atoms with Crippen molar-refractivity contribution in [3.63, 3.8) is 0 Å². The van der Waals surface area contributed by atoms with Crippen molar-refractivity contribution in [3.05, 3.63) is 24.3 Å². The third kappa shape index (κ3) is 23.6. The van der Waals surface area contributed by atoms with E-state index in [1.54, 1.807) is 13.8 Å². The van der Waals surface area contributed by atoms with Crippen LogP contribution in [0.2, 0.25) is 57.0 Å². The minimum Gasteiger partial charge on any atom is -0.460 e. The number of nitrogens with one attached hydrogen (secondary N) is 6. The van der Waals surface area contributed by atoms with Crippen molar-refractivity contribution < 1.29 is 42.4 Å². The Bertz CT molecular complexity index is 1140. The van der Waals surface area contributed by atoms with E-state index in [2.05, 4.69) is 84.3 Å². The summed E-state index contributed by atoms with van der Waals surface area (Å²) in [7, 11) is -5.63. The van der Waals surface area contributed by atoms with Crippen molar-refractivity contribution in [3.8, 4) is 0 Å². The molecule has 2 unspecified atom stereocenters. The molecule has 0 rings (SSSR count). The predicted molar refractivity (Wildman–Crippen MR) is 207 cm³/mol. The second-order valence-corrected chi connectivity index (χ2v) is 29.4. The van der Waals surface area contributed by atoms with Gasteiger partial charge in [0.15, 0.2) is 16.6 Å². The first-order valence-electron chi connectivity index (χ1n) is 17.5. The lowest BCUT2D eigenvalue weighted by atomic mass is 10.3. The third-order valence-electron chi connectivity index (χ3n) is 7.46. The quantitative estimate of drug-likeness (QED) is 0.0369. The molecule has 0 aliphatic heterocycles. The number of urea groups is 2. The van der Waals surface area contributed by atoms with Gasteiger partial charge in [0, 0.05) is 32.3 Å². The fourth-order valence-electron chi connectivity index (χ4n) is 5.38. The molecule has 18 heteroatoms. The Morgan fingerprint density at radius 3 is 1.37 bits per heavy atom. The van der Waals surface area contributed by atoms with Gasteiger partial charge in [0.25, 0.3) is 0 Å². The molecule has 2 atom stereocenters. The molecule has 6 amide bonds. The summed E-state index contributed by atoms with van der Waals surface area (Å²) in [6.45, 7) is 28.2.